The molecule has 4 aromatic rings. The van der Waals surface area contributed by atoms with Gasteiger partial charge in [-0.25, -0.2) is 13.4 Å². The minimum absolute atomic E-state index is 0.0404. The summed E-state index contributed by atoms with van der Waals surface area (Å²) < 4.78 is 32.7. The quantitative estimate of drug-likeness (QED) is 0.399. The molecule has 1 aliphatic heterocycles. The average molecular weight is 494 g/mol. The van der Waals surface area contributed by atoms with E-state index < -0.39 is 10.0 Å². The van der Waals surface area contributed by atoms with E-state index in [1.165, 1.54) is 15.6 Å². The number of sulfonamides is 1. The number of aromatic nitrogens is 1. The van der Waals surface area contributed by atoms with Crippen molar-refractivity contribution in [1.29, 1.82) is 0 Å². The lowest BCUT2D eigenvalue weighted by Crippen LogP contribution is -2.50. The van der Waals surface area contributed by atoms with E-state index in [4.69, 9.17) is 9.40 Å². The van der Waals surface area contributed by atoms with Crippen molar-refractivity contribution in [1.82, 2.24) is 14.2 Å². The molecule has 1 aliphatic rings. The lowest BCUT2D eigenvalue weighted by Gasteiger charge is -2.34. The van der Waals surface area contributed by atoms with Gasteiger partial charge in [-0.3, -0.25) is 4.79 Å². The number of hydrogen-bond acceptors (Lipinski definition) is 6. The Hall–Kier alpha value is -3.27. The second-order valence-electron chi connectivity index (χ2n) is 7.97. The molecule has 0 unspecified atom stereocenters. The summed E-state index contributed by atoms with van der Waals surface area (Å²) in [5.74, 6) is 0.425. The molecule has 0 spiro atoms. The van der Waals surface area contributed by atoms with E-state index in [1.54, 1.807) is 17.2 Å². The molecule has 0 aliphatic carbocycles. The van der Waals surface area contributed by atoms with Gasteiger partial charge in [0.2, 0.25) is 10.0 Å². The third-order valence-electron chi connectivity index (χ3n) is 5.71. The molecule has 174 valence electrons. The number of carbonyl (C=O) groups excluding carboxylic acids is 1. The normalized spacial score (nSPS) is 14.9. The van der Waals surface area contributed by atoms with Crippen LogP contribution >= 0.6 is 11.3 Å². The zero-order chi connectivity index (χ0) is 23.5. The highest BCUT2D eigenvalue weighted by atomic mass is 32.2. The lowest BCUT2D eigenvalue weighted by molar-refractivity contribution is 0.0703. The Morgan fingerprint density at radius 2 is 1.59 bits per heavy atom. The van der Waals surface area contributed by atoms with Gasteiger partial charge in [-0.2, -0.15) is 4.31 Å². The van der Waals surface area contributed by atoms with Gasteiger partial charge in [0.15, 0.2) is 10.8 Å². The summed E-state index contributed by atoms with van der Waals surface area (Å²) in [7, 11) is -3.45. The zero-order valence-electron chi connectivity index (χ0n) is 18.3. The molecule has 1 fully saturated rings. The number of amides is 1. The number of thiazole rings is 1. The highest BCUT2D eigenvalue weighted by Gasteiger charge is 2.31. The van der Waals surface area contributed by atoms with Crippen LogP contribution in [0, 0.1) is 0 Å². The van der Waals surface area contributed by atoms with Crippen LogP contribution in [-0.4, -0.2) is 54.7 Å². The van der Waals surface area contributed by atoms with Crippen molar-refractivity contribution in [2.75, 3.05) is 26.2 Å². The summed E-state index contributed by atoms with van der Waals surface area (Å²) in [6.45, 7) is 1.20. The van der Waals surface area contributed by atoms with Crippen LogP contribution in [0.25, 0.3) is 22.0 Å². The molecule has 0 atom stereocenters. The van der Waals surface area contributed by atoms with Crippen molar-refractivity contribution < 1.29 is 17.6 Å². The average Bonchev–Trinajstić information content (AvgIpc) is 3.55. The van der Waals surface area contributed by atoms with Gasteiger partial charge in [0, 0.05) is 31.7 Å². The predicted molar refractivity (Wildman–Crippen MR) is 132 cm³/mol. The Morgan fingerprint density at radius 3 is 2.24 bits per heavy atom. The fourth-order valence-electron chi connectivity index (χ4n) is 3.95. The summed E-state index contributed by atoms with van der Waals surface area (Å²) in [5.41, 5.74) is 2.22. The fraction of sp³-hybridized carbons (Fsp3) is 0.200. The third kappa shape index (κ3) is 4.68. The maximum absolute atomic E-state index is 13.5. The van der Waals surface area contributed by atoms with Crippen LogP contribution in [0.3, 0.4) is 0 Å². The van der Waals surface area contributed by atoms with Gasteiger partial charge in [-0.15, -0.1) is 11.3 Å². The first-order valence-corrected chi connectivity index (χ1v) is 13.3. The number of carbonyl (C=O) groups is 1. The Bertz CT molecular complexity index is 1360. The SMILES string of the molecule is O=C(c1sc(-c2ccco2)nc1-c1ccccc1)N1CCN(S(=O)(=O)Cc2ccccc2)CC1. The second kappa shape index (κ2) is 9.54. The van der Waals surface area contributed by atoms with Crippen molar-refractivity contribution in [2.24, 2.45) is 0 Å². The minimum atomic E-state index is -3.45. The molecule has 0 radical (unpaired) electrons. The smallest absolute Gasteiger partial charge is 0.266 e. The van der Waals surface area contributed by atoms with Crippen molar-refractivity contribution in [2.45, 2.75) is 5.75 Å². The molecule has 34 heavy (non-hydrogen) atoms. The maximum Gasteiger partial charge on any atom is 0.266 e. The van der Waals surface area contributed by atoms with E-state index in [9.17, 15) is 13.2 Å². The Morgan fingerprint density at radius 1 is 0.912 bits per heavy atom. The van der Waals surface area contributed by atoms with Crippen molar-refractivity contribution in [3.05, 3.63) is 89.5 Å². The van der Waals surface area contributed by atoms with Crippen LogP contribution in [0.5, 0.6) is 0 Å². The summed E-state index contributed by atoms with van der Waals surface area (Å²) >= 11 is 1.29. The van der Waals surface area contributed by atoms with Gasteiger partial charge < -0.3 is 9.32 Å². The first-order valence-electron chi connectivity index (χ1n) is 10.9. The molecule has 2 aromatic carbocycles. The zero-order valence-corrected chi connectivity index (χ0v) is 20.0. The van der Waals surface area contributed by atoms with Gasteiger partial charge in [0.1, 0.15) is 4.88 Å². The van der Waals surface area contributed by atoms with E-state index in [0.717, 1.165) is 11.1 Å². The van der Waals surface area contributed by atoms with E-state index in [1.807, 2.05) is 66.7 Å². The van der Waals surface area contributed by atoms with Crippen LogP contribution < -0.4 is 0 Å². The third-order valence-corrected chi connectivity index (χ3v) is 8.62. The predicted octanol–water partition coefficient (Wildman–Crippen LogP) is 4.36. The Kier molecular flexibility index (Phi) is 6.32. The van der Waals surface area contributed by atoms with Crippen LogP contribution in [0.4, 0.5) is 0 Å². The summed E-state index contributed by atoms with van der Waals surface area (Å²) in [4.78, 5) is 20.5. The summed E-state index contributed by atoms with van der Waals surface area (Å²) in [6.07, 6.45) is 1.58. The minimum Gasteiger partial charge on any atom is -0.462 e. The van der Waals surface area contributed by atoms with E-state index in [-0.39, 0.29) is 24.7 Å². The summed E-state index contributed by atoms with van der Waals surface area (Å²) in [6, 6.07) is 22.3. The molecule has 3 heterocycles. The van der Waals surface area contributed by atoms with Gasteiger partial charge in [0.05, 0.1) is 17.7 Å². The largest absolute Gasteiger partial charge is 0.462 e. The topological polar surface area (TPSA) is 83.7 Å². The first-order chi connectivity index (χ1) is 16.5. The van der Waals surface area contributed by atoms with Crippen molar-refractivity contribution >= 4 is 27.3 Å². The van der Waals surface area contributed by atoms with Crippen LogP contribution in [-0.2, 0) is 15.8 Å². The molecule has 0 bridgehead atoms. The highest BCUT2D eigenvalue weighted by Crippen LogP contribution is 2.35. The monoisotopic (exact) mass is 493 g/mol. The van der Waals surface area contributed by atoms with Crippen molar-refractivity contribution in [3.8, 4) is 22.0 Å². The van der Waals surface area contributed by atoms with Crippen LogP contribution in [0.1, 0.15) is 15.2 Å². The molecule has 0 N–H and O–H groups in total. The Labute approximate surface area is 202 Å². The lowest BCUT2D eigenvalue weighted by atomic mass is 10.1. The first kappa shape index (κ1) is 22.5. The fourth-order valence-corrected chi connectivity index (χ4v) is 6.49. The number of nitrogens with zero attached hydrogens (tertiary/aromatic N) is 3. The second-order valence-corrected chi connectivity index (χ2v) is 10.9. The number of piperazine rings is 1. The molecule has 1 amide bonds. The number of furan rings is 1. The maximum atomic E-state index is 13.5. The summed E-state index contributed by atoms with van der Waals surface area (Å²) in [5, 5.41) is 0.635. The number of hydrogen-bond donors (Lipinski definition) is 0. The van der Waals surface area contributed by atoms with Gasteiger partial charge in [-0.1, -0.05) is 60.7 Å². The standard InChI is InChI=1S/C25H23N3O4S2/c29-25(27-13-15-28(16-14-27)34(30,31)18-19-8-3-1-4-9-19)23-22(20-10-5-2-6-11-20)26-24(33-23)21-12-7-17-32-21/h1-12,17H,13-16,18H2. The molecular weight excluding hydrogens is 470 g/mol. The van der Waals surface area contributed by atoms with Crippen LogP contribution in [0.15, 0.2) is 83.5 Å². The molecule has 9 heteroatoms. The van der Waals surface area contributed by atoms with E-state index in [0.29, 0.717) is 34.4 Å². The molecule has 1 saturated heterocycles. The van der Waals surface area contributed by atoms with Crippen molar-refractivity contribution in [3.63, 3.8) is 0 Å². The number of benzene rings is 2. The molecule has 5 rings (SSSR count). The van der Waals surface area contributed by atoms with Crippen LogP contribution in [0.2, 0.25) is 0 Å². The van der Waals surface area contributed by atoms with Gasteiger partial charge in [0.25, 0.3) is 5.91 Å². The molecule has 7 nitrogen and oxygen atoms in total. The number of rotatable bonds is 6. The Balaban J connectivity index is 1.35. The molecular formula is C25H23N3O4S2. The van der Waals surface area contributed by atoms with E-state index in [2.05, 4.69) is 0 Å². The van der Waals surface area contributed by atoms with Gasteiger partial charge in [-0.05, 0) is 17.7 Å². The van der Waals surface area contributed by atoms with E-state index >= 15 is 0 Å². The molecule has 2 aromatic heterocycles. The van der Waals surface area contributed by atoms with Gasteiger partial charge >= 0.3 is 0 Å². The highest BCUT2D eigenvalue weighted by molar-refractivity contribution is 7.88. The molecule has 0 saturated carbocycles.